The van der Waals surface area contributed by atoms with Crippen LogP contribution in [-0.4, -0.2) is 37.2 Å². The molecule has 0 aliphatic rings. The lowest BCUT2D eigenvalue weighted by Crippen LogP contribution is -2.30. The summed E-state index contributed by atoms with van der Waals surface area (Å²) in [7, 11) is 0. The van der Waals surface area contributed by atoms with Gasteiger partial charge in [0.15, 0.2) is 6.10 Å². The molecule has 0 rings (SSSR count). The molecule has 0 radical (unpaired) electrons. The molecule has 0 N–H and O–H groups in total. The number of hydrogen-bond acceptors (Lipinski definition) is 6. The molecule has 0 aliphatic heterocycles. The molecule has 6 heteroatoms. The Morgan fingerprint density at radius 2 is 0.642 bits per heavy atom. The van der Waals surface area contributed by atoms with E-state index in [-0.39, 0.29) is 37.5 Å². The van der Waals surface area contributed by atoms with E-state index in [1.54, 1.807) is 0 Å². The molecule has 6 nitrogen and oxygen atoms in total. The van der Waals surface area contributed by atoms with Crippen molar-refractivity contribution in [3.63, 3.8) is 0 Å². The van der Waals surface area contributed by atoms with Gasteiger partial charge in [0.05, 0.1) is 0 Å². The second kappa shape index (κ2) is 54.9. The molecule has 0 amide bonds. The van der Waals surface area contributed by atoms with Crippen molar-refractivity contribution < 1.29 is 28.6 Å². The number of ether oxygens (including phenoxy) is 3. The van der Waals surface area contributed by atoms with Gasteiger partial charge in [0, 0.05) is 19.3 Å². The maximum atomic E-state index is 12.8. The van der Waals surface area contributed by atoms with E-state index in [0.29, 0.717) is 19.3 Å². The molecule has 382 valence electrons. The molecule has 0 aromatic carbocycles. The maximum absolute atomic E-state index is 12.8. The van der Waals surface area contributed by atoms with Gasteiger partial charge in [-0.1, -0.05) is 221 Å². The van der Waals surface area contributed by atoms with Crippen LogP contribution >= 0.6 is 0 Å². The standard InChI is InChI=1S/C61H102O6/c1-4-7-10-13-16-19-22-25-28-30-32-33-36-39-42-45-48-51-54-60(63)66-57-58(56-65-59(62)53-50-47-44-41-38-35-27-24-21-18-15-12-9-6-3)67-61(64)55-52-49-46-43-40-37-34-31-29-26-23-20-17-14-11-8-5-2/h9,12,18,21,26-30,32-35,37,43,46,58H,4-8,10-11,13-17,19-20,22-25,31,36,38-42,44-45,47-57H2,1-3H3/b12-9-,21-18-,29-26-,30-28-,33-32-,35-27-,37-34-,46-43-. The Balaban J connectivity index is 4.52. The third-order valence-electron chi connectivity index (χ3n) is 11.6. The van der Waals surface area contributed by atoms with E-state index in [1.165, 1.54) is 96.3 Å². The SMILES string of the molecule is CC/C=C\C/C=C\C/C=C\CCCCCCC(=O)OCC(COC(=O)CCCCCCC/C=C\C=C/CCCCCCCCC)OC(=O)CCC/C=C\C/C=C\C/C=C\CCCCCCCC. The highest BCUT2D eigenvalue weighted by molar-refractivity contribution is 5.71. The third-order valence-corrected chi connectivity index (χ3v) is 11.6. The topological polar surface area (TPSA) is 78.9 Å². The van der Waals surface area contributed by atoms with Crippen molar-refractivity contribution >= 4 is 17.9 Å². The van der Waals surface area contributed by atoms with Gasteiger partial charge in [0.1, 0.15) is 13.2 Å². The minimum absolute atomic E-state index is 0.114. The smallest absolute Gasteiger partial charge is 0.306 e. The first-order chi connectivity index (χ1) is 33.0. The summed E-state index contributed by atoms with van der Waals surface area (Å²) in [6.45, 7) is 6.44. The van der Waals surface area contributed by atoms with Crippen LogP contribution in [0.15, 0.2) is 97.2 Å². The molecule has 0 aromatic rings. The van der Waals surface area contributed by atoms with Crippen molar-refractivity contribution in [1.82, 2.24) is 0 Å². The van der Waals surface area contributed by atoms with Crippen molar-refractivity contribution in [2.75, 3.05) is 13.2 Å². The second-order valence-electron chi connectivity index (χ2n) is 18.1. The summed E-state index contributed by atoms with van der Waals surface area (Å²) in [5.74, 6) is -1.00. The number of rotatable bonds is 49. The van der Waals surface area contributed by atoms with E-state index in [1.807, 2.05) is 0 Å². The number of unbranched alkanes of at least 4 members (excludes halogenated alkanes) is 23. The van der Waals surface area contributed by atoms with Crippen molar-refractivity contribution in [3.8, 4) is 0 Å². The van der Waals surface area contributed by atoms with Gasteiger partial charge >= 0.3 is 17.9 Å². The lowest BCUT2D eigenvalue weighted by Gasteiger charge is -2.18. The Morgan fingerprint density at radius 3 is 1.04 bits per heavy atom. The quantitative estimate of drug-likeness (QED) is 0.0199. The minimum Gasteiger partial charge on any atom is -0.462 e. The van der Waals surface area contributed by atoms with E-state index in [9.17, 15) is 14.4 Å². The predicted octanol–water partition coefficient (Wildman–Crippen LogP) is 18.5. The molecule has 0 spiro atoms. The highest BCUT2D eigenvalue weighted by Gasteiger charge is 2.19. The maximum Gasteiger partial charge on any atom is 0.306 e. The van der Waals surface area contributed by atoms with E-state index < -0.39 is 6.10 Å². The van der Waals surface area contributed by atoms with Crippen LogP contribution in [0.2, 0.25) is 0 Å². The largest absolute Gasteiger partial charge is 0.462 e. The van der Waals surface area contributed by atoms with E-state index in [0.717, 1.165) is 109 Å². The van der Waals surface area contributed by atoms with Crippen LogP contribution in [0.4, 0.5) is 0 Å². The zero-order chi connectivity index (χ0) is 48.6. The number of hydrogen-bond donors (Lipinski definition) is 0. The summed E-state index contributed by atoms with van der Waals surface area (Å²) >= 11 is 0. The predicted molar refractivity (Wildman–Crippen MR) is 288 cm³/mol. The summed E-state index contributed by atoms with van der Waals surface area (Å²) in [6, 6.07) is 0. The molecule has 0 saturated carbocycles. The molecule has 0 aliphatic carbocycles. The van der Waals surface area contributed by atoms with Crippen molar-refractivity contribution in [1.29, 1.82) is 0 Å². The third kappa shape index (κ3) is 53.2. The van der Waals surface area contributed by atoms with Crippen LogP contribution in [0.3, 0.4) is 0 Å². The number of esters is 3. The zero-order valence-electron chi connectivity index (χ0n) is 43.6. The van der Waals surface area contributed by atoms with Gasteiger partial charge < -0.3 is 14.2 Å². The fourth-order valence-corrected chi connectivity index (χ4v) is 7.40. The fraction of sp³-hybridized carbons (Fsp3) is 0.689. The zero-order valence-corrected chi connectivity index (χ0v) is 43.6. The minimum atomic E-state index is -0.821. The number of allylic oxidation sites excluding steroid dienone is 16. The van der Waals surface area contributed by atoms with Gasteiger partial charge in [0.2, 0.25) is 0 Å². The van der Waals surface area contributed by atoms with Gasteiger partial charge in [-0.3, -0.25) is 14.4 Å². The molecule has 0 saturated heterocycles. The number of carbonyl (C=O) groups excluding carboxylic acids is 3. The Labute approximate surface area is 413 Å². The van der Waals surface area contributed by atoms with Gasteiger partial charge in [0.25, 0.3) is 0 Å². The summed E-state index contributed by atoms with van der Waals surface area (Å²) in [6.07, 6.45) is 72.6. The Hall–Kier alpha value is -3.67. The highest BCUT2D eigenvalue weighted by atomic mass is 16.6. The van der Waals surface area contributed by atoms with E-state index >= 15 is 0 Å². The molecule has 1 unspecified atom stereocenters. The fourth-order valence-electron chi connectivity index (χ4n) is 7.40. The first-order valence-corrected chi connectivity index (χ1v) is 27.8. The summed E-state index contributed by atoms with van der Waals surface area (Å²) < 4.78 is 16.8. The summed E-state index contributed by atoms with van der Waals surface area (Å²) in [5.41, 5.74) is 0. The molecule has 67 heavy (non-hydrogen) atoms. The second-order valence-corrected chi connectivity index (χ2v) is 18.1. The van der Waals surface area contributed by atoms with Crippen LogP contribution in [0.25, 0.3) is 0 Å². The molecule has 1 atom stereocenters. The van der Waals surface area contributed by atoms with Crippen LogP contribution in [0.1, 0.15) is 252 Å². The number of carbonyl (C=O) groups is 3. The molecule has 0 fully saturated rings. The van der Waals surface area contributed by atoms with E-state index in [2.05, 4.69) is 118 Å². The van der Waals surface area contributed by atoms with Crippen molar-refractivity contribution in [2.24, 2.45) is 0 Å². The monoisotopic (exact) mass is 931 g/mol. The molecule has 0 aromatic heterocycles. The van der Waals surface area contributed by atoms with Crippen LogP contribution in [0, 0.1) is 0 Å². The Kier molecular flexibility index (Phi) is 51.9. The Bertz CT molecular complexity index is 1350. The van der Waals surface area contributed by atoms with Crippen LogP contribution in [-0.2, 0) is 28.6 Å². The normalized spacial score (nSPS) is 12.8. The van der Waals surface area contributed by atoms with E-state index in [4.69, 9.17) is 14.2 Å². The molecule has 0 bridgehead atoms. The molecular weight excluding hydrogens is 829 g/mol. The van der Waals surface area contributed by atoms with Gasteiger partial charge in [-0.25, -0.2) is 0 Å². The average Bonchev–Trinajstić information content (AvgIpc) is 3.33. The highest BCUT2D eigenvalue weighted by Crippen LogP contribution is 2.13. The lowest BCUT2D eigenvalue weighted by atomic mass is 10.1. The molecular formula is C61H102O6. The lowest BCUT2D eigenvalue weighted by molar-refractivity contribution is -0.167. The summed E-state index contributed by atoms with van der Waals surface area (Å²) in [4.78, 5) is 38.1. The average molecular weight is 931 g/mol. The first-order valence-electron chi connectivity index (χ1n) is 27.8. The van der Waals surface area contributed by atoms with Crippen LogP contribution < -0.4 is 0 Å². The molecule has 0 heterocycles. The van der Waals surface area contributed by atoms with Crippen LogP contribution in [0.5, 0.6) is 0 Å². The van der Waals surface area contributed by atoms with Gasteiger partial charge in [-0.05, 0) is 109 Å². The van der Waals surface area contributed by atoms with Gasteiger partial charge in [-0.15, -0.1) is 0 Å². The van der Waals surface area contributed by atoms with Gasteiger partial charge in [-0.2, -0.15) is 0 Å². The van der Waals surface area contributed by atoms with Crippen molar-refractivity contribution in [2.45, 2.75) is 258 Å². The summed E-state index contributed by atoms with van der Waals surface area (Å²) in [5, 5.41) is 0. The van der Waals surface area contributed by atoms with Crippen molar-refractivity contribution in [3.05, 3.63) is 97.2 Å². The Morgan fingerprint density at radius 1 is 0.328 bits per heavy atom. The first kappa shape index (κ1) is 63.3.